The highest BCUT2D eigenvalue weighted by atomic mass is 127. The minimum Gasteiger partial charge on any atom is -0.357 e. The number of guanidine groups is 1. The van der Waals surface area contributed by atoms with Gasteiger partial charge in [-0.25, -0.2) is 9.98 Å². The van der Waals surface area contributed by atoms with Gasteiger partial charge in [0.1, 0.15) is 5.82 Å². The number of benzene rings is 1. The Kier molecular flexibility index (Phi) is 9.14. The quantitative estimate of drug-likeness (QED) is 0.355. The van der Waals surface area contributed by atoms with Crippen LogP contribution >= 0.6 is 35.6 Å². The lowest BCUT2D eigenvalue weighted by Crippen LogP contribution is -2.36. The van der Waals surface area contributed by atoms with Crippen LogP contribution in [0.5, 0.6) is 0 Å². The van der Waals surface area contributed by atoms with E-state index in [0.717, 1.165) is 47.6 Å². The van der Waals surface area contributed by atoms with Gasteiger partial charge in [-0.2, -0.15) is 0 Å². The summed E-state index contributed by atoms with van der Waals surface area (Å²) >= 11 is 6.21. The molecule has 1 aliphatic heterocycles. The summed E-state index contributed by atoms with van der Waals surface area (Å²) in [5.74, 6) is 1.84. The zero-order chi connectivity index (χ0) is 18.2. The van der Waals surface area contributed by atoms with Crippen molar-refractivity contribution in [3.8, 4) is 0 Å². The summed E-state index contributed by atoms with van der Waals surface area (Å²) in [4.78, 5) is 11.6. The molecular weight excluding hydrogens is 473 g/mol. The molecule has 146 valence electrons. The number of nitrogens with zero attached hydrogens (tertiary/aromatic N) is 3. The highest BCUT2D eigenvalue weighted by Gasteiger charge is 2.12. The predicted molar refractivity (Wildman–Crippen MR) is 124 cm³/mol. The van der Waals surface area contributed by atoms with Gasteiger partial charge in [0, 0.05) is 37.4 Å². The number of rotatable bonds is 6. The fraction of sp³-hybridized carbons (Fsp3) is 0.400. The lowest BCUT2D eigenvalue weighted by Gasteiger charge is -2.16. The molecule has 3 rings (SSSR count). The molecule has 0 unspecified atom stereocenters. The van der Waals surface area contributed by atoms with E-state index in [-0.39, 0.29) is 24.0 Å². The van der Waals surface area contributed by atoms with Crippen LogP contribution in [0, 0.1) is 0 Å². The van der Waals surface area contributed by atoms with Crippen LogP contribution in [0.25, 0.3) is 0 Å². The number of hydrogen-bond acceptors (Lipinski definition) is 3. The van der Waals surface area contributed by atoms with E-state index >= 15 is 0 Å². The van der Waals surface area contributed by atoms with Crippen molar-refractivity contribution in [1.29, 1.82) is 0 Å². The van der Waals surface area contributed by atoms with Crippen molar-refractivity contribution in [2.24, 2.45) is 4.99 Å². The molecule has 0 radical (unpaired) electrons. The molecule has 0 aliphatic carbocycles. The van der Waals surface area contributed by atoms with Crippen molar-refractivity contribution in [3.63, 3.8) is 0 Å². The number of aliphatic imine (C=N–C) groups is 1. The van der Waals surface area contributed by atoms with E-state index in [4.69, 9.17) is 11.6 Å². The van der Waals surface area contributed by atoms with Crippen LogP contribution in [0.1, 0.15) is 30.9 Å². The number of hydrogen-bond donors (Lipinski definition) is 2. The summed E-state index contributed by atoms with van der Waals surface area (Å²) in [5.41, 5.74) is 2.15. The minimum atomic E-state index is 0. The first-order valence-corrected chi connectivity index (χ1v) is 9.59. The Hall–Kier alpha value is -1.54. The average molecular weight is 500 g/mol. The minimum absolute atomic E-state index is 0. The summed E-state index contributed by atoms with van der Waals surface area (Å²) < 4.78 is 0. The highest BCUT2D eigenvalue weighted by molar-refractivity contribution is 14.0. The fourth-order valence-corrected chi connectivity index (χ4v) is 3.18. The second-order valence-electron chi connectivity index (χ2n) is 6.36. The van der Waals surface area contributed by atoms with Gasteiger partial charge in [-0.05, 0) is 43.0 Å². The lowest BCUT2D eigenvalue weighted by atomic mass is 10.2. The van der Waals surface area contributed by atoms with E-state index in [0.29, 0.717) is 13.1 Å². The Morgan fingerprint density at radius 3 is 2.59 bits per heavy atom. The van der Waals surface area contributed by atoms with E-state index in [1.165, 1.54) is 12.8 Å². The maximum atomic E-state index is 6.21. The molecule has 1 fully saturated rings. The van der Waals surface area contributed by atoms with Crippen molar-refractivity contribution in [1.82, 2.24) is 15.6 Å². The SMILES string of the molecule is CCNC(=NCc1ccc(N2CCCC2)nc1)NCc1ccccc1Cl.I. The maximum absolute atomic E-state index is 6.21. The second kappa shape index (κ2) is 11.3. The van der Waals surface area contributed by atoms with E-state index < -0.39 is 0 Å². The second-order valence-corrected chi connectivity index (χ2v) is 6.77. The van der Waals surface area contributed by atoms with Gasteiger partial charge in [0.25, 0.3) is 0 Å². The van der Waals surface area contributed by atoms with Gasteiger partial charge in [-0.1, -0.05) is 35.9 Å². The summed E-state index contributed by atoms with van der Waals surface area (Å²) in [6.07, 6.45) is 4.45. The molecule has 0 amide bonds. The molecular formula is C20H27ClIN5. The first-order chi connectivity index (χ1) is 12.8. The van der Waals surface area contributed by atoms with Crippen molar-refractivity contribution in [3.05, 3.63) is 58.7 Å². The molecule has 0 atom stereocenters. The van der Waals surface area contributed by atoms with Crippen molar-refractivity contribution in [2.45, 2.75) is 32.9 Å². The monoisotopic (exact) mass is 499 g/mol. The third-order valence-corrected chi connectivity index (χ3v) is 4.78. The lowest BCUT2D eigenvalue weighted by molar-refractivity contribution is 0.815. The third kappa shape index (κ3) is 6.53. The third-order valence-electron chi connectivity index (χ3n) is 4.41. The Labute approximate surface area is 183 Å². The zero-order valence-corrected chi connectivity index (χ0v) is 18.7. The Morgan fingerprint density at radius 1 is 1.15 bits per heavy atom. The van der Waals surface area contributed by atoms with Crippen LogP contribution in [-0.2, 0) is 13.1 Å². The van der Waals surface area contributed by atoms with Crippen LogP contribution in [-0.4, -0.2) is 30.6 Å². The Bertz CT molecular complexity index is 729. The zero-order valence-electron chi connectivity index (χ0n) is 15.6. The predicted octanol–water partition coefficient (Wildman–Crippen LogP) is 4.21. The molecule has 1 aromatic carbocycles. The molecule has 0 bridgehead atoms. The fourth-order valence-electron chi connectivity index (χ4n) is 2.98. The molecule has 1 saturated heterocycles. The van der Waals surface area contributed by atoms with Crippen molar-refractivity contribution >= 4 is 47.4 Å². The number of aromatic nitrogens is 1. The molecule has 27 heavy (non-hydrogen) atoms. The summed E-state index contributed by atoms with van der Waals surface area (Å²) in [5, 5.41) is 7.36. The van der Waals surface area contributed by atoms with Crippen LogP contribution in [0.3, 0.4) is 0 Å². The van der Waals surface area contributed by atoms with Gasteiger partial charge in [-0.15, -0.1) is 24.0 Å². The molecule has 2 heterocycles. The van der Waals surface area contributed by atoms with Gasteiger partial charge >= 0.3 is 0 Å². The number of halogens is 2. The average Bonchev–Trinajstić information content (AvgIpc) is 3.20. The van der Waals surface area contributed by atoms with E-state index in [1.54, 1.807) is 0 Å². The van der Waals surface area contributed by atoms with Crippen molar-refractivity contribution in [2.75, 3.05) is 24.5 Å². The molecule has 2 aromatic rings. The Morgan fingerprint density at radius 2 is 1.93 bits per heavy atom. The van der Waals surface area contributed by atoms with E-state index in [2.05, 4.69) is 44.6 Å². The maximum Gasteiger partial charge on any atom is 0.191 e. The molecule has 0 spiro atoms. The van der Waals surface area contributed by atoms with Gasteiger partial charge in [0.15, 0.2) is 5.96 Å². The van der Waals surface area contributed by atoms with Crippen LogP contribution < -0.4 is 15.5 Å². The molecule has 0 saturated carbocycles. The normalized spacial score (nSPS) is 14.0. The first-order valence-electron chi connectivity index (χ1n) is 9.21. The number of nitrogens with one attached hydrogen (secondary N) is 2. The van der Waals surface area contributed by atoms with Gasteiger partial charge in [-0.3, -0.25) is 0 Å². The molecule has 5 nitrogen and oxygen atoms in total. The number of anilines is 1. The number of pyridine rings is 1. The summed E-state index contributed by atoms with van der Waals surface area (Å²) in [6, 6.07) is 12.0. The largest absolute Gasteiger partial charge is 0.357 e. The summed E-state index contributed by atoms with van der Waals surface area (Å²) in [7, 11) is 0. The molecule has 1 aromatic heterocycles. The van der Waals surface area contributed by atoms with Gasteiger partial charge in [0.05, 0.1) is 6.54 Å². The van der Waals surface area contributed by atoms with Crippen LogP contribution in [0.2, 0.25) is 5.02 Å². The molecule has 1 aliphatic rings. The topological polar surface area (TPSA) is 52.6 Å². The van der Waals surface area contributed by atoms with Crippen LogP contribution in [0.4, 0.5) is 5.82 Å². The van der Waals surface area contributed by atoms with E-state index in [1.807, 2.05) is 30.5 Å². The van der Waals surface area contributed by atoms with Gasteiger partial charge < -0.3 is 15.5 Å². The van der Waals surface area contributed by atoms with Crippen molar-refractivity contribution < 1.29 is 0 Å². The molecule has 2 N–H and O–H groups in total. The Balaban J connectivity index is 0.00000261. The highest BCUT2D eigenvalue weighted by Crippen LogP contribution is 2.18. The summed E-state index contributed by atoms with van der Waals surface area (Å²) in [6.45, 7) is 6.31. The van der Waals surface area contributed by atoms with Crippen LogP contribution in [0.15, 0.2) is 47.6 Å². The molecule has 7 heteroatoms. The first kappa shape index (κ1) is 21.8. The smallest absolute Gasteiger partial charge is 0.191 e. The van der Waals surface area contributed by atoms with Gasteiger partial charge in [0.2, 0.25) is 0 Å². The standard InChI is InChI=1S/C20H26ClN5.HI/c1-2-22-20(25-15-17-7-3-4-8-18(17)21)24-14-16-9-10-19(23-13-16)26-11-5-6-12-26;/h3-4,7-10,13H,2,5-6,11-12,14-15H2,1H3,(H2,22,24,25);1H. The van der Waals surface area contributed by atoms with E-state index in [9.17, 15) is 0 Å².